The third-order valence-electron chi connectivity index (χ3n) is 2.75. The molecule has 0 aliphatic carbocycles. The lowest BCUT2D eigenvalue weighted by Crippen LogP contribution is -2.02. The highest BCUT2D eigenvalue weighted by Gasteiger charge is 2.09. The Kier molecular flexibility index (Phi) is 3.57. The van der Waals surface area contributed by atoms with E-state index in [9.17, 15) is 0 Å². The summed E-state index contributed by atoms with van der Waals surface area (Å²) >= 11 is 0. The predicted octanol–water partition coefficient (Wildman–Crippen LogP) is 1.66. The predicted molar refractivity (Wildman–Crippen MR) is 73.3 cm³/mol. The van der Waals surface area contributed by atoms with E-state index in [1.807, 2.05) is 18.3 Å². The lowest BCUT2D eigenvalue weighted by Gasteiger charge is -2.06. The van der Waals surface area contributed by atoms with Gasteiger partial charge in [-0.05, 0) is 30.7 Å². The average Bonchev–Trinajstić information content (AvgIpc) is 2.78. The normalized spacial score (nSPS) is 9.94. The fourth-order valence-electron chi connectivity index (χ4n) is 1.92. The van der Waals surface area contributed by atoms with Crippen molar-refractivity contribution in [2.45, 2.75) is 6.42 Å². The molecule has 0 fully saturated rings. The van der Waals surface area contributed by atoms with Gasteiger partial charge in [-0.2, -0.15) is 0 Å². The number of benzene rings is 1. The maximum absolute atomic E-state index is 5.58. The van der Waals surface area contributed by atoms with Gasteiger partial charge in [0.25, 0.3) is 0 Å². The van der Waals surface area contributed by atoms with Crippen LogP contribution in [0.15, 0.2) is 18.3 Å². The van der Waals surface area contributed by atoms with Crippen LogP contribution in [0.1, 0.15) is 11.1 Å². The Labute approximate surface area is 106 Å². The summed E-state index contributed by atoms with van der Waals surface area (Å²) in [7, 11) is 0. The molecule has 18 heavy (non-hydrogen) atoms. The topological polar surface area (TPSA) is 51.0 Å². The van der Waals surface area contributed by atoms with Gasteiger partial charge in [-0.3, -0.25) is 0 Å². The van der Waals surface area contributed by atoms with Crippen molar-refractivity contribution in [3.8, 4) is 30.4 Å². The van der Waals surface area contributed by atoms with Crippen molar-refractivity contribution in [3.05, 3.63) is 29.5 Å². The lowest BCUT2D eigenvalue weighted by molar-refractivity contribution is 0.370. The van der Waals surface area contributed by atoms with Crippen molar-refractivity contribution < 1.29 is 4.74 Å². The van der Waals surface area contributed by atoms with Crippen LogP contribution in [-0.2, 0) is 6.42 Å². The number of hydrogen-bond acceptors (Lipinski definition) is 2. The molecule has 1 aromatic carbocycles. The number of hydrogen-bond donors (Lipinski definition) is 2. The molecule has 3 heteroatoms. The summed E-state index contributed by atoms with van der Waals surface area (Å²) in [6.45, 7) is 0.807. The van der Waals surface area contributed by atoms with Crippen LogP contribution in [0.25, 0.3) is 10.9 Å². The molecule has 3 nitrogen and oxygen atoms in total. The van der Waals surface area contributed by atoms with Crippen molar-refractivity contribution in [1.29, 1.82) is 0 Å². The molecule has 0 spiro atoms. The minimum absolute atomic E-state index is 0.205. The summed E-state index contributed by atoms with van der Waals surface area (Å²) in [5.74, 6) is 5.67. The summed E-state index contributed by atoms with van der Waals surface area (Å²) in [4.78, 5) is 3.18. The largest absolute Gasteiger partial charge is 0.480 e. The Balaban J connectivity index is 2.51. The van der Waals surface area contributed by atoms with Crippen LogP contribution < -0.4 is 10.5 Å². The maximum Gasteiger partial charge on any atom is 0.148 e. The standard InChI is InChI=1S/C15H14N2O/c1-3-7-18-15-9-13-12(5-6-16)10-17-14(13)8-11(15)4-2/h1-2,8-10,17H,5-7,16H2. The van der Waals surface area contributed by atoms with E-state index >= 15 is 0 Å². The van der Waals surface area contributed by atoms with Crippen molar-refractivity contribution in [2.24, 2.45) is 5.73 Å². The number of rotatable bonds is 4. The van der Waals surface area contributed by atoms with E-state index in [2.05, 4.69) is 16.8 Å². The summed E-state index contributed by atoms with van der Waals surface area (Å²) < 4.78 is 5.46. The maximum atomic E-state index is 5.58. The summed E-state index contributed by atoms with van der Waals surface area (Å²) in [6, 6.07) is 3.81. The number of aromatic amines is 1. The second-order valence-corrected chi connectivity index (χ2v) is 3.88. The average molecular weight is 238 g/mol. The van der Waals surface area contributed by atoms with Crippen LogP contribution in [-0.4, -0.2) is 18.1 Å². The van der Waals surface area contributed by atoms with Crippen LogP contribution >= 0.6 is 0 Å². The minimum atomic E-state index is 0.205. The highest BCUT2D eigenvalue weighted by Crippen LogP contribution is 2.27. The lowest BCUT2D eigenvalue weighted by atomic mass is 10.1. The van der Waals surface area contributed by atoms with Gasteiger partial charge in [0.1, 0.15) is 12.4 Å². The van der Waals surface area contributed by atoms with E-state index in [1.54, 1.807) is 0 Å². The summed E-state index contributed by atoms with van der Waals surface area (Å²) in [6.07, 6.45) is 13.4. The van der Waals surface area contributed by atoms with E-state index in [0.717, 1.165) is 22.9 Å². The molecule has 0 saturated heterocycles. The first-order valence-corrected chi connectivity index (χ1v) is 5.67. The van der Waals surface area contributed by atoms with E-state index in [1.165, 1.54) is 0 Å². The molecular formula is C15H14N2O. The fourth-order valence-corrected chi connectivity index (χ4v) is 1.92. The van der Waals surface area contributed by atoms with Crippen molar-refractivity contribution in [3.63, 3.8) is 0 Å². The quantitative estimate of drug-likeness (QED) is 0.796. The van der Waals surface area contributed by atoms with E-state index in [0.29, 0.717) is 17.9 Å². The second kappa shape index (κ2) is 5.31. The SMILES string of the molecule is C#CCOc1cc2c(CCN)c[nH]c2cc1C#C. The molecule has 2 rings (SSSR count). The first-order chi connectivity index (χ1) is 8.80. The highest BCUT2D eigenvalue weighted by atomic mass is 16.5. The Morgan fingerprint density at radius 2 is 2.17 bits per heavy atom. The minimum Gasteiger partial charge on any atom is -0.480 e. The molecule has 0 amide bonds. The van der Waals surface area contributed by atoms with Gasteiger partial charge in [-0.1, -0.05) is 11.8 Å². The van der Waals surface area contributed by atoms with Crippen LogP contribution in [0.2, 0.25) is 0 Å². The highest BCUT2D eigenvalue weighted by molar-refractivity contribution is 5.86. The van der Waals surface area contributed by atoms with Crippen LogP contribution in [0.5, 0.6) is 5.75 Å². The van der Waals surface area contributed by atoms with Gasteiger partial charge in [0.2, 0.25) is 0 Å². The van der Waals surface area contributed by atoms with Crippen LogP contribution in [0.4, 0.5) is 0 Å². The zero-order chi connectivity index (χ0) is 13.0. The molecule has 0 unspecified atom stereocenters. The number of fused-ring (bicyclic) bond motifs is 1. The number of terminal acetylenes is 2. The molecule has 1 heterocycles. The summed E-state index contributed by atoms with van der Waals surface area (Å²) in [5.41, 5.74) is 8.41. The Morgan fingerprint density at radius 1 is 1.33 bits per heavy atom. The zero-order valence-electron chi connectivity index (χ0n) is 9.99. The van der Waals surface area contributed by atoms with E-state index < -0.39 is 0 Å². The third kappa shape index (κ3) is 2.18. The molecule has 0 radical (unpaired) electrons. The molecule has 3 N–H and O–H groups in total. The number of ether oxygens (including phenoxy) is 1. The van der Waals surface area contributed by atoms with E-state index in [4.69, 9.17) is 23.3 Å². The van der Waals surface area contributed by atoms with Gasteiger partial charge in [0.05, 0.1) is 5.56 Å². The van der Waals surface area contributed by atoms with Crippen molar-refractivity contribution in [2.75, 3.05) is 13.2 Å². The number of nitrogens with two attached hydrogens (primary N) is 1. The molecule has 0 aliphatic heterocycles. The van der Waals surface area contributed by atoms with Crippen molar-refractivity contribution in [1.82, 2.24) is 4.98 Å². The zero-order valence-corrected chi connectivity index (χ0v) is 9.99. The second-order valence-electron chi connectivity index (χ2n) is 3.88. The van der Waals surface area contributed by atoms with Gasteiger partial charge >= 0.3 is 0 Å². The first kappa shape index (κ1) is 12.1. The molecule has 1 aromatic heterocycles. The monoisotopic (exact) mass is 238 g/mol. The molecular weight excluding hydrogens is 224 g/mol. The van der Waals surface area contributed by atoms with Crippen molar-refractivity contribution >= 4 is 10.9 Å². The number of aromatic nitrogens is 1. The Hall–Kier alpha value is -2.36. The van der Waals surface area contributed by atoms with Crippen LogP contribution in [0, 0.1) is 24.7 Å². The van der Waals surface area contributed by atoms with E-state index in [-0.39, 0.29) is 6.61 Å². The molecule has 0 saturated carbocycles. The number of nitrogens with one attached hydrogen (secondary N) is 1. The molecule has 90 valence electrons. The summed E-state index contributed by atoms with van der Waals surface area (Å²) in [5, 5.41) is 1.08. The van der Waals surface area contributed by atoms with Gasteiger partial charge < -0.3 is 15.5 Å². The van der Waals surface area contributed by atoms with Gasteiger partial charge in [-0.25, -0.2) is 0 Å². The molecule has 0 aliphatic rings. The third-order valence-corrected chi connectivity index (χ3v) is 2.75. The molecule has 2 aromatic rings. The molecule has 0 atom stereocenters. The van der Waals surface area contributed by atoms with Crippen LogP contribution in [0.3, 0.4) is 0 Å². The van der Waals surface area contributed by atoms with Gasteiger partial charge in [0, 0.05) is 17.1 Å². The smallest absolute Gasteiger partial charge is 0.148 e. The Morgan fingerprint density at radius 3 is 2.83 bits per heavy atom. The number of H-pyrrole nitrogens is 1. The van der Waals surface area contributed by atoms with Gasteiger partial charge in [-0.15, -0.1) is 12.8 Å². The molecule has 0 bridgehead atoms. The van der Waals surface area contributed by atoms with Gasteiger partial charge in [0.15, 0.2) is 0 Å². The fraction of sp³-hybridized carbons (Fsp3) is 0.200. The Bertz CT molecular complexity index is 641. The first-order valence-electron chi connectivity index (χ1n) is 5.67.